The van der Waals surface area contributed by atoms with E-state index >= 15 is 0 Å². The molecule has 1 aliphatic rings. The molecule has 98 valence electrons. The third-order valence-corrected chi connectivity index (χ3v) is 4.13. The van der Waals surface area contributed by atoms with Crippen LogP contribution in [0.4, 0.5) is 5.13 Å². The molecule has 0 saturated carbocycles. The molecular weight excluding hydrogens is 262 g/mol. The number of hydrogen-bond acceptors (Lipinski definition) is 5. The van der Waals surface area contributed by atoms with E-state index in [4.69, 9.17) is 9.94 Å². The Balaban J connectivity index is 2.03. The molecule has 0 radical (unpaired) electrons. The Morgan fingerprint density at radius 3 is 3.16 bits per heavy atom. The summed E-state index contributed by atoms with van der Waals surface area (Å²) in [5.41, 5.74) is 5.30. The van der Waals surface area contributed by atoms with Crippen LogP contribution < -0.4 is 10.2 Å². The molecular formula is C13H13N3O2S. The monoisotopic (exact) mass is 275 g/mol. The second kappa shape index (κ2) is 4.99. The average Bonchev–Trinajstić information content (AvgIpc) is 2.87. The molecule has 0 unspecified atom stereocenters. The van der Waals surface area contributed by atoms with Gasteiger partial charge in [0.05, 0.1) is 12.8 Å². The van der Waals surface area contributed by atoms with E-state index in [1.165, 1.54) is 16.8 Å². The zero-order valence-corrected chi connectivity index (χ0v) is 11.2. The number of nitrogens with zero attached hydrogens (tertiary/aromatic N) is 2. The quantitative estimate of drug-likeness (QED) is 0.513. The number of benzene rings is 1. The van der Waals surface area contributed by atoms with E-state index in [9.17, 15) is 0 Å². The highest BCUT2D eigenvalue weighted by atomic mass is 32.1. The Morgan fingerprint density at radius 1 is 1.47 bits per heavy atom. The summed E-state index contributed by atoms with van der Waals surface area (Å²) in [6.45, 7) is 0. The lowest BCUT2D eigenvalue weighted by molar-refractivity contribution is 0.240. The van der Waals surface area contributed by atoms with Crippen LogP contribution in [0.25, 0.3) is 11.3 Å². The van der Waals surface area contributed by atoms with Crippen LogP contribution in [-0.2, 0) is 12.8 Å². The molecule has 6 heteroatoms. The number of hydroxylamine groups is 1. The van der Waals surface area contributed by atoms with Gasteiger partial charge in [0.15, 0.2) is 0 Å². The number of fused-ring (bicyclic) bond motifs is 3. The van der Waals surface area contributed by atoms with Crippen molar-refractivity contribution in [1.82, 2.24) is 10.5 Å². The number of aryl methyl sites for hydroxylation is 2. The Morgan fingerprint density at radius 2 is 2.37 bits per heavy atom. The highest BCUT2D eigenvalue weighted by Crippen LogP contribution is 2.39. The fraction of sp³-hybridized carbons (Fsp3) is 0.231. The van der Waals surface area contributed by atoms with Gasteiger partial charge in [-0.3, -0.25) is 10.7 Å². The third-order valence-electron chi connectivity index (χ3n) is 3.11. The molecule has 0 bridgehead atoms. The summed E-state index contributed by atoms with van der Waals surface area (Å²) in [5, 5.41) is 9.16. The lowest BCUT2D eigenvalue weighted by Crippen LogP contribution is -2.02. The van der Waals surface area contributed by atoms with Gasteiger partial charge in [-0.25, -0.2) is 9.98 Å². The summed E-state index contributed by atoms with van der Waals surface area (Å²) < 4.78 is 5.25. The lowest BCUT2D eigenvalue weighted by atomic mass is 9.93. The van der Waals surface area contributed by atoms with Crippen LogP contribution in [0.3, 0.4) is 0 Å². The molecule has 0 atom stereocenters. The lowest BCUT2D eigenvalue weighted by Gasteiger charge is -2.15. The second-order valence-corrected chi connectivity index (χ2v) is 5.24. The summed E-state index contributed by atoms with van der Waals surface area (Å²) >= 11 is 1.56. The van der Waals surface area contributed by atoms with Crippen molar-refractivity contribution < 1.29 is 9.94 Å². The largest absolute Gasteiger partial charge is 0.497 e. The van der Waals surface area contributed by atoms with Crippen molar-refractivity contribution in [3.05, 3.63) is 28.6 Å². The molecule has 1 aliphatic carbocycles. The summed E-state index contributed by atoms with van der Waals surface area (Å²) in [7, 11) is 1.67. The Kier molecular flexibility index (Phi) is 3.18. The van der Waals surface area contributed by atoms with Crippen LogP contribution in [0.15, 0.2) is 23.2 Å². The fourth-order valence-corrected chi connectivity index (χ4v) is 3.16. The number of ether oxygens (including phenoxy) is 1. The van der Waals surface area contributed by atoms with Gasteiger partial charge in [-0.2, -0.15) is 0 Å². The Hall–Kier alpha value is -1.92. The summed E-state index contributed by atoms with van der Waals surface area (Å²) in [6, 6.07) is 6.06. The molecule has 1 heterocycles. The molecule has 0 saturated heterocycles. The molecule has 0 fully saturated rings. The van der Waals surface area contributed by atoms with Crippen LogP contribution in [0.5, 0.6) is 5.75 Å². The van der Waals surface area contributed by atoms with E-state index in [0.717, 1.165) is 29.8 Å². The van der Waals surface area contributed by atoms with E-state index in [0.29, 0.717) is 5.13 Å². The number of hydrogen-bond donors (Lipinski definition) is 2. The predicted octanol–water partition coefficient (Wildman–Crippen LogP) is 2.56. The highest BCUT2D eigenvalue weighted by molar-refractivity contribution is 7.15. The average molecular weight is 275 g/mol. The molecule has 5 nitrogen and oxygen atoms in total. The van der Waals surface area contributed by atoms with Crippen molar-refractivity contribution in [2.45, 2.75) is 12.8 Å². The van der Waals surface area contributed by atoms with E-state index in [2.05, 4.69) is 16.0 Å². The van der Waals surface area contributed by atoms with E-state index in [1.54, 1.807) is 18.4 Å². The first-order chi connectivity index (χ1) is 9.31. The molecule has 1 aromatic carbocycles. The maximum absolute atomic E-state index is 8.51. The van der Waals surface area contributed by atoms with Gasteiger partial charge in [0.1, 0.15) is 12.1 Å². The summed E-state index contributed by atoms with van der Waals surface area (Å²) in [6.07, 6.45) is 3.18. The van der Waals surface area contributed by atoms with Crippen LogP contribution in [-0.4, -0.2) is 23.6 Å². The molecule has 2 N–H and O–H groups in total. The number of methoxy groups -OCH3 is 1. The van der Waals surface area contributed by atoms with Crippen molar-refractivity contribution in [3.8, 4) is 17.0 Å². The number of rotatable bonds is 3. The SMILES string of the molecule is COc1ccc2c(c1)CCc1sc(/N=C\NO)nc1-2. The van der Waals surface area contributed by atoms with Crippen molar-refractivity contribution in [1.29, 1.82) is 0 Å². The van der Waals surface area contributed by atoms with Crippen molar-refractivity contribution in [2.24, 2.45) is 4.99 Å². The number of aromatic nitrogens is 1. The smallest absolute Gasteiger partial charge is 0.211 e. The van der Waals surface area contributed by atoms with Crippen molar-refractivity contribution >= 4 is 22.8 Å². The summed E-state index contributed by atoms with van der Waals surface area (Å²) in [5.74, 6) is 0.875. The zero-order valence-electron chi connectivity index (χ0n) is 10.4. The maximum atomic E-state index is 8.51. The van der Waals surface area contributed by atoms with Gasteiger partial charge in [0.2, 0.25) is 5.13 Å². The first-order valence-electron chi connectivity index (χ1n) is 5.91. The third kappa shape index (κ3) is 2.20. The van der Waals surface area contributed by atoms with Crippen LogP contribution in [0.2, 0.25) is 0 Å². The summed E-state index contributed by atoms with van der Waals surface area (Å²) in [4.78, 5) is 9.79. The number of nitrogens with one attached hydrogen (secondary N) is 1. The van der Waals surface area contributed by atoms with Gasteiger partial charge in [0, 0.05) is 10.4 Å². The van der Waals surface area contributed by atoms with Gasteiger partial charge in [-0.1, -0.05) is 11.3 Å². The van der Waals surface area contributed by atoms with E-state index in [1.807, 2.05) is 17.6 Å². The number of thiazole rings is 1. The molecule has 19 heavy (non-hydrogen) atoms. The first-order valence-corrected chi connectivity index (χ1v) is 6.72. The number of aliphatic imine (C=N–C) groups is 1. The van der Waals surface area contributed by atoms with Crippen LogP contribution in [0, 0.1) is 0 Å². The fourth-order valence-electron chi connectivity index (χ4n) is 2.24. The standard InChI is InChI=1S/C13H13N3O2S/c1-18-9-3-4-10-8(6-9)2-5-11-12(10)16-13(19-11)14-7-15-17/h3-4,6-7,17H,2,5H2,1H3,(H,14,15,16). The topological polar surface area (TPSA) is 66.7 Å². The second-order valence-electron chi connectivity index (χ2n) is 4.18. The molecule has 3 rings (SSSR count). The van der Waals surface area contributed by atoms with Gasteiger partial charge >= 0.3 is 0 Å². The minimum absolute atomic E-state index is 0.648. The van der Waals surface area contributed by atoms with Crippen molar-refractivity contribution in [2.75, 3.05) is 7.11 Å². The van der Waals surface area contributed by atoms with E-state index < -0.39 is 0 Å². The van der Waals surface area contributed by atoms with Crippen molar-refractivity contribution in [3.63, 3.8) is 0 Å². The first kappa shape index (κ1) is 12.1. The normalized spacial score (nSPS) is 13.2. The van der Waals surface area contributed by atoms with Crippen LogP contribution in [0.1, 0.15) is 10.4 Å². The maximum Gasteiger partial charge on any atom is 0.211 e. The molecule has 2 aromatic rings. The molecule has 0 aliphatic heterocycles. The Labute approximate surface area is 114 Å². The van der Waals surface area contributed by atoms with Crippen LogP contribution >= 0.6 is 11.3 Å². The van der Waals surface area contributed by atoms with Gasteiger partial charge in [0.25, 0.3) is 0 Å². The predicted molar refractivity (Wildman–Crippen MR) is 74.6 cm³/mol. The molecule has 0 amide bonds. The van der Waals surface area contributed by atoms with E-state index in [-0.39, 0.29) is 0 Å². The van der Waals surface area contributed by atoms with Gasteiger partial charge in [-0.15, -0.1) is 0 Å². The molecule has 1 aromatic heterocycles. The molecule has 0 spiro atoms. The highest BCUT2D eigenvalue weighted by Gasteiger charge is 2.21. The minimum atomic E-state index is 0.648. The van der Waals surface area contributed by atoms with Gasteiger partial charge in [-0.05, 0) is 36.6 Å². The Bertz CT molecular complexity index is 637. The van der Waals surface area contributed by atoms with Gasteiger partial charge < -0.3 is 4.74 Å². The zero-order chi connectivity index (χ0) is 13.2. The minimum Gasteiger partial charge on any atom is -0.497 e.